The molecule has 1 aromatic carbocycles. The van der Waals surface area contributed by atoms with Crippen LogP contribution in [-0.2, 0) is 0 Å². The van der Waals surface area contributed by atoms with Gasteiger partial charge in [0.05, 0.1) is 5.69 Å². The van der Waals surface area contributed by atoms with Crippen LogP contribution in [0, 0.1) is 23.6 Å². The Morgan fingerprint density at radius 2 is 1.86 bits per heavy atom. The Labute approximate surface area is 83.5 Å². The van der Waals surface area contributed by atoms with Crippen LogP contribution in [-0.4, -0.2) is 13.1 Å². The average molecular weight is 191 g/mol. The molecule has 0 bridgehead atoms. The molecule has 0 aromatic heterocycles. The second kappa shape index (κ2) is 2.72. The molecular weight excluding hydrogens is 177 g/mol. The van der Waals surface area contributed by atoms with Crippen LogP contribution in [0.4, 0.5) is 10.1 Å². The highest BCUT2D eigenvalue weighted by atomic mass is 19.1. The van der Waals surface area contributed by atoms with Gasteiger partial charge in [-0.25, -0.2) is 4.39 Å². The molecule has 1 aliphatic carbocycles. The van der Waals surface area contributed by atoms with E-state index in [0.29, 0.717) is 0 Å². The molecule has 1 heterocycles. The monoisotopic (exact) mass is 191 g/mol. The van der Waals surface area contributed by atoms with Gasteiger partial charge < -0.3 is 4.90 Å². The predicted octanol–water partition coefficient (Wildman–Crippen LogP) is 2.53. The number of hydrogen-bond donors (Lipinski definition) is 0. The van der Waals surface area contributed by atoms with Crippen molar-refractivity contribution in [2.45, 2.75) is 6.92 Å². The molecule has 0 radical (unpaired) electrons. The molecular formula is C12H14FN. The third-order valence-corrected chi connectivity index (χ3v) is 3.82. The zero-order valence-electron chi connectivity index (χ0n) is 8.28. The molecule has 1 saturated carbocycles. The van der Waals surface area contributed by atoms with E-state index in [2.05, 4.69) is 11.8 Å². The molecule has 1 saturated heterocycles. The average Bonchev–Trinajstić information content (AvgIpc) is 2.66. The van der Waals surface area contributed by atoms with Gasteiger partial charge in [0.25, 0.3) is 0 Å². The van der Waals surface area contributed by atoms with Crippen LogP contribution < -0.4 is 4.90 Å². The fourth-order valence-electron chi connectivity index (χ4n) is 2.73. The van der Waals surface area contributed by atoms with Gasteiger partial charge in [-0.3, -0.25) is 0 Å². The van der Waals surface area contributed by atoms with Crippen molar-refractivity contribution in [1.82, 2.24) is 0 Å². The van der Waals surface area contributed by atoms with Crippen molar-refractivity contribution in [3.63, 3.8) is 0 Å². The van der Waals surface area contributed by atoms with E-state index in [9.17, 15) is 4.39 Å². The molecule has 1 nitrogen and oxygen atoms in total. The predicted molar refractivity (Wildman–Crippen MR) is 54.8 cm³/mol. The van der Waals surface area contributed by atoms with Crippen LogP contribution in [0.25, 0.3) is 0 Å². The van der Waals surface area contributed by atoms with Crippen molar-refractivity contribution in [2.75, 3.05) is 18.0 Å². The standard InChI is InChI=1S/C12H14FN/c1-8-9-6-14(7-10(8)9)12-5-3-2-4-11(12)13/h2-5,8-10H,6-7H2,1H3. The minimum absolute atomic E-state index is 0.0820. The minimum atomic E-state index is -0.0820. The number of halogens is 1. The SMILES string of the molecule is CC1C2CN(c3ccccc3F)CC12. The van der Waals surface area contributed by atoms with Crippen molar-refractivity contribution in [2.24, 2.45) is 17.8 Å². The molecule has 1 aliphatic heterocycles. The molecule has 0 amide bonds. The number of rotatable bonds is 1. The Morgan fingerprint density at radius 3 is 2.50 bits per heavy atom. The van der Waals surface area contributed by atoms with E-state index in [0.717, 1.165) is 36.5 Å². The zero-order valence-corrected chi connectivity index (χ0v) is 8.28. The summed E-state index contributed by atoms with van der Waals surface area (Å²) in [6.45, 7) is 4.40. The lowest BCUT2D eigenvalue weighted by molar-refractivity contribution is 0.610. The van der Waals surface area contributed by atoms with E-state index in [-0.39, 0.29) is 5.82 Å². The smallest absolute Gasteiger partial charge is 0.146 e. The Morgan fingerprint density at radius 1 is 1.21 bits per heavy atom. The topological polar surface area (TPSA) is 3.24 Å². The lowest BCUT2D eigenvalue weighted by Gasteiger charge is -2.21. The lowest BCUT2D eigenvalue weighted by Crippen LogP contribution is -2.24. The number of anilines is 1. The summed E-state index contributed by atoms with van der Waals surface area (Å²) in [6, 6.07) is 7.08. The van der Waals surface area contributed by atoms with Gasteiger partial charge in [-0.2, -0.15) is 0 Å². The second-order valence-electron chi connectivity index (χ2n) is 4.54. The maximum atomic E-state index is 13.4. The van der Waals surface area contributed by atoms with Crippen LogP contribution in [0.1, 0.15) is 6.92 Å². The molecule has 3 rings (SSSR count). The molecule has 0 N–H and O–H groups in total. The Kier molecular flexibility index (Phi) is 1.61. The van der Waals surface area contributed by atoms with Crippen LogP contribution in [0.5, 0.6) is 0 Å². The summed E-state index contributed by atoms with van der Waals surface area (Å²) in [4.78, 5) is 2.19. The molecule has 14 heavy (non-hydrogen) atoms. The van der Waals surface area contributed by atoms with E-state index in [4.69, 9.17) is 0 Å². The summed E-state index contributed by atoms with van der Waals surface area (Å²) in [5.74, 6) is 2.45. The van der Waals surface area contributed by atoms with Gasteiger partial charge in [-0.15, -0.1) is 0 Å². The van der Waals surface area contributed by atoms with Crippen molar-refractivity contribution < 1.29 is 4.39 Å². The number of hydrogen-bond acceptors (Lipinski definition) is 1. The third kappa shape index (κ3) is 1.06. The van der Waals surface area contributed by atoms with Gasteiger partial charge in [0, 0.05) is 13.1 Å². The largest absolute Gasteiger partial charge is 0.369 e. The van der Waals surface area contributed by atoms with E-state index in [1.807, 2.05) is 12.1 Å². The van der Waals surface area contributed by atoms with Crippen LogP contribution in [0.15, 0.2) is 24.3 Å². The molecule has 2 unspecified atom stereocenters. The second-order valence-corrected chi connectivity index (χ2v) is 4.54. The molecule has 74 valence electrons. The van der Waals surface area contributed by atoms with Gasteiger partial charge in [0.15, 0.2) is 0 Å². The highest BCUT2D eigenvalue weighted by Crippen LogP contribution is 2.52. The van der Waals surface area contributed by atoms with Crippen molar-refractivity contribution in [1.29, 1.82) is 0 Å². The first-order valence-electron chi connectivity index (χ1n) is 5.27. The fraction of sp³-hybridized carbons (Fsp3) is 0.500. The first-order valence-corrected chi connectivity index (χ1v) is 5.27. The molecule has 2 fully saturated rings. The lowest BCUT2D eigenvalue weighted by atomic mass is 10.2. The summed E-state index contributed by atoms with van der Waals surface area (Å²) in [5, 5.41) is 0. The normalized spacial score (nSPS) is 34.4. The number of para-hydroxylation sites is 1. The first kappa shape index (κ1) is 8.27. The van der Waals surface area contributed by atoms with Crippen molar-refractivity contribution in [3.8, 4) is 0 Å². The maximum absolute atomic E-state index is 13.4. The maximum Gasteiger partial charge on any atom is 0.146 e. The Bertz CT molecular complexity index is 351. The molecule has 2 heteroatoms. The Hall–Kier alpha value is -1.05. The minimum Gasteiger partial charge on any atom is -0.369 e. The molecule has 1 aromatic rings. The van der Waals surface area contributed by atoms with E-state index >= 15 is 0 Å². The van der Waals surface area contributed by atoms with Crippen molar-refractivity contribution in [3.05, 3.63) is 30.1 Å². The quantitative estimate of drug-likeness (QED) is 0.659. The van der Waals surface area contributed by atoms with Gasteiger partial charge in [-0.05, 0) is 29.9 Å². The van der Waals surface area contributed by atoms with Gasteiger partial charge in [-0.1, -0.05) is 19.1 Å². The number of nitrogens with zero attached hydrogens (tertiary/aromatic N) is 1. The number of fused-ring (bicyclic) bond motifs is 1. The number of benzene rings is 1. The van der Waals surface area contributed by atoms with Gasteiger partial charge in [0.2, 0.25) is 0 Å². The van der Waals surface area contributed by atoms with E-state index < -0.39 is 0 Å². The first-order chi connectivity index (χ1) is 6.77. The van der Waals surface area contributed by atoms with Crippen LogP contribution in [0.2, 0.25) is 0 Å². The van der Waals surface area contributed by atoms with Crippen molar-refractivity contribution >= 4 is 5.69 Å². The highest BCUT2D eigenvalue weighted by molar-refractivity contribution is 5.49. The van der Waals surface area contributed by atoms with Gasteiger partial charge >= 0.3 is 0 Å². The number of piperidine rings is 1. The molecule has 0 spiro atoms. The third-order valence-electron chi connectivity index (χ3n) is 3.82. The van der Waals surface area contributed by atoms with Crippen LogP contribution >= 0.6 is 0 Å². The zero-order chi connectivity index (χ0) is 9.71. The molecule has 2 atom stereocenters. The highest BCUT2D eigenvalue weighted by Gasteiger charge is 2.52. The Balaban J connectivity index is 1.82. The summed E-state index contributed by atoms with van der Waals surface area (Å²) in [6.07, 6.45) is 0. The molecule has 2 aliphatic rings. The summed E-state index contributed by atoms with van der Waals surface area (Å²) < 4.78 is 13.4. The fourth-order valence-corrected chi connectivity index (χ4v) is 2.73. The van der Waals surface area contributed by atoms with E-state index in [1.54, 1.807) is 12.1 Å². The van der Waals surface area contributed by atoms with Gasteiger partial charge in [0.1, 0.15) is 5.82 Å². The van der Waals surface area contributed by atoms with E-state index in [1.165, 1.54) is 0 Å². The summed E-state index contributed by atoms with van der Waals surface area (Å²) in [5.41, 5.74) is 0.784. The summed E-state index contributed by atoms with van der Waals surface area (Å²) >= 11 is 0. The van der Waals surface area contributed by atoms with Crippen LogP contribution in [0.3, 0.4) is 0 Å². The summed E-state index contributed by atoms with van der Waals surface area (Å²) in [7, 11) is 0.